The Bertz CT molecular complexity index is 886. The molecule has 0 spiro atoms. The molecule has 0 saturated carbocycles. The number of aryl methyl sites for hydroxylation is 1. The fourth-order valence-electron chi connectivity index (χ4n) is 1.92. The smallest absolute Gasteiger partial charge is 0.444 e. The van der Waals surface area contributed by atoms with Crippen LogP contribution < -0.4 is 5.32 Å². The molecule has 2 aromatic rings. The van der Waals surface area contributed by atoms with E-state index in [9.17, 15) is 26.4 Å². The highest BCUT2D eigenvalue weighted by Gasteiger charge is 2.41. The largest absolute Gasteiger partial charge is 0.471 e. The lowest BCUT2D eigenvalue weighted by Gasteiger charge is -2.09. The first kappa shape index (κ1) is 18.3. The first-order chi connectivity index (χ1) is 10.9. The Morgan fingerprint density at radius 2 is 1.71 bits per heavy atom. The van der Waals surface area contributed by atoms with Crippen molar-refractivity contribution in [1.82, 2.24) is 0 Å². The molecule has 130 valence electrons. The number of anilines is 1. The highest BCUT2D eigenvalue weighted by molar-refractivity contribution is 7.91. The van der Waals surface area contributed by atoms with Crippen LogP contribution in [0.2, 0.25) is 5.02 Å². The lowest BCUT2D eigenvalue weighted by molar-refractivity contribution is -0.167. The van der Waals surface area contributed by atoms with Gasteiger partial charge >= 0.3 is 12.1 Å². The number of halogens is 4. The van der Waals surface area contributed by atoms with Gasteiger partial charge in [-0.3, -0.25) is 10.1 Å². The summed E-state index contributed by atoms with van der Waals surface area (Å²) in [5.41, 5.74) is 0.0995. The number of carbonyl (C=O) groups excluding carboxylic acids is 1. The Kier molecular flexibility index (Phi) is 4.69. The maximum atomic E-state index is 12.7. The SMILES string of the molecule is Cc1oc(NC(=O)C(F)(F)F)c(S(=O)(=O)c2ccc(Cl)cc2)c1C. The van der Waals surface area contributed by atoms with E-state index in [0.29, 0.717) is 5.02 Å². The van der Waals surface area contributed by atoms with E-state index in [0.717, 1.165) is 0 Å². The van der Waals surface area contributed by atoms with E-state index in [2.05, 4.69) is 0 Å². The molecule has 1 heterocycles. The van der Waals surface area contributed by atoms with E-state index >= 15 is 0 Å². The molecule has 0 saturated heterocycles. The zero-order valence-electron chi connectivity index (χ0n) is 12.4. The van der Waals surface area contributed by atoms with Gasteiger partial charge in [0.2, 0.25) is 15.7 Å². The van der Waals surface area contributed by atoms with E-state index in [1.54, 1.807) is 0 Å². The quantitative estimate of drug-likeness (QED) is 0.875. The molecule has 0 aliphatic carbocycles. The molecule has 1 aromatic heterocycles. The maximum Gasteiger partial charge on any atom is 0.471 e. The minimum absolute atomic E-state index is 0.0695. The second-order valence-corrected chi connectivity index (χ2v) is 7.17. The Morgan fingerprint density at radius 3 is 2.21 bits per heavy atom. The lowest BCUT2D eigenvalue weighted by atomic mass is 10.3. The summed E-state index contributed by atoms with van der Waals surface area (Å²) >= 11 is 5.70. The standard InChI is InChI=1S/C14H11ClF3NO4S/c1-7-8(2)23-12(19-13(20)14(16,17)18)11(7)24(21,22)10-5-3-9(15)4-6-10/h3-6H,1-2H3,(H,19,20). The van der Waals surface area contributed by atoms with Crippen LogP contribution in [0, 0.1) is 13.8 Å². The number of amides is 1. The molecular weight excluding hydrogens is 371 g/mol. The summed E-state index contributed by atoms with van der Waals surface area (Å²) in [5, 5.41) is 1.75. The molecule has 5 nitrogen and oxygen atoms in total. The molecule has 2 rings (SSSR count). The molecule has 0 aliphatic rings. The summed E-state index contributed by atoms with van der Waals surface area (Å²) in [5.74, 6) is -3.04. The van der Waals surface area contributed by atoms with Gasteiger partial charge in [-0.1, -0.05) is 11.6 Å². The van der Waals surface area contributed by atoms with Gasteiger partial charge in [0.15, 0.2) is 0 Å². The number of furan rings is 1. The number of sulfone groups is 1. The molecule has 0 bridgehead atoms. The number of carbonyl (C=O) groups is 1. The monoisotopic (exact) mass is 381 g/mol. The van der Waals surface area contributed by atoms with E-state index in [-0.39, 0.29) is 16.2 Å². The van der Waals surface area contributed by atoms with Crippen molar-refractivity contribution in [3.63, 3.8) is 0 Å². The number of alkyl halides is 3. The molecule has 1 amide bonds. The summed E-state index contributed by atoms with van der Waals surface area (Å²) in [7, 11) is -4.22. The van der Waals surface area contributed by atoms with Gasteiger partial charge in [-0.05, 0) is 38.1 Å². The molecule has 1 aromatic carbocycles. The van der Waals surface area contributed by atoms with Crippen molar-refractivity contribution >= 4 is 33.2 Å². The molecule has 1 N–H and O–H groups in total. The van der Waals surface area contributed by atoms with E-state index < -0.39 is 32.7 Å². The molecule has 10 heteroatoms. The van der Waals surface area contributed by atoms with Crippen LogP contribution in [0.1, 0.15) is 11.3 Å². The average molecular weight is 382 g/mol. The van der Waals surface area contributed by atoms with Crippen molar-refractivity contribution in [1.29, 1.82) is 0 Å². The van der Waals surface area contributed by atoms with E-state index in [1.165, 1.54) is 43.4 Å². The normalized spacial score (nSPS) is 12.2. The topological polar surface area (TPSA) is 76.4 Å². The van der Waals surface area contributed by atoms with Crippen LogP contribution in [-0.4, -0.2) is 20.5 Å². The van der Waals surface area contributed by atoms with Crippen molar-refractivity contribution in [3.8, 4) is 0 Å². The molecule has 24 heavy (non-hydrogen) atoms. The molecule has 0 fully saturated rings. The molecule has 0 atom stereocenters. The highest BCUT2D eigenvalue weighted by Crippen LogP contribution is 2.36. The van der Waals surface area contributed by atoms with Crippen molar-refractivity contribution in [3.05, 3.63) is 40.6 Å². The predicted molar refractivity (Wildman–Crippen MR) is 79.8 cm³/mol. The Morgan fingerprint density at radius 1 is 1.17 bits per heavy atom. The summed E-state index contributed by atoms with van der Waals surface area (Å²) in [4.78, 5) is 10.4. The minimum Gasteiger partial charge on any atom is -0.444 e. The minimum atomic E-state index is -5.18. The Hall–Kier alpha value is -2.00. The second-order valence-electron chi connectivity index (χ2n) is 4.85. The summed E-state index contributed by atoms with van der Waals surface area (Å²) in [6.07, 6.45) is -5.18. The van der Waals surface area contributed by atoms with Gasteiger partial charge in [-0.15, -0.1) is 0 Å². The van der Waals surface area contributed by atoms with Gasteiger partial charge in [-0.2, -0.15) is 13.2 Å². The van der Waals surface area contributed by atoms with Crippen LogP contribution in [0.3, 0.4) is 0 Å². The third-order valence-electron chi connectivity index (χ3n) is 3.21. The van der Waals surface area contributed by atoms with Gasteiger partial charge in [-0.25, -0.2) is 8.42 Å². The van der Waals surface area contributed by atoms with Crippen LogP contribution in [0.5, 0.6) is 0 Å². The molecular formula is C14H11ClF3NO4S. The van der Waals surface area contributed by atoms with Crippen LogP contribution >= 0.6 is 11.6 Å². The van der Waals surface area contributed by atoms with Gasteiger partial charge in [0.25, 0.3) is 0 Å². The lowest BCUT2D eigenvalue weighted by Crippen LogP contribution is -2.30. The third-order valence-corrected chi connectivity index (χ3v) is 5.38. The molecule has 0 aliphatic heterocycles. The first-order valence-corrected chi connectivity index (χ1v) is 8.29. The Labute approximate surface area is 140 Å². The molecule has 0 radical (unpaired) electrons. The number of hydrogen-bond donors (Lipinski definition) is 1. The number of hydrogen-bond acceptors (Lipinski definition) is 4. The third kappa shape index (κ3) is 3.41. The summed E-state index contributed by atoms with van der Waals surface area (Å²) < 4.78 is 67.7. The fourth-order valence-corrected chi connectivity index (χ4v) is 3.66. The maximum absolute atomic E-state index is 12.7. The number of benzene rings is 1. The van der Waals surface area contributed by atoms with Gasteiger partial charge in [0.1, 0.15) is 10.7 Å². The van der Waals surface area contributed by atoms with Crippen LogP contribution in [0.25, 0.3) is 0 Å². The Balaban J connectivity index is 2.57. The molecule has 0 unspecified atom stereocenters. The van der Waals surface area contributed by atoms with Gasteiger partial charge in [0, 0.05) is 10.6 Å². The zero-order valence-corrected chi connectivity index (χ0v) is 13.9. The number of nitrogens with one attached hydrogen (secondary N) is 1. The number of rotatable bonds is 3. The second kappa shape index (κ2) is 6.14. The zero-order chi connectivity index (χ0) is 18.3. The van der Waals surface area contributed by atoms with Crippen LogP contribution in [-0.2, 0) is 14.6 Å². The van der Waals surface area contributed by atoms with Crippen molar-refractivity contribution in [2.75, 3.05) is 5.32 Å². The van der Waals surface area contributed by atoms with Gasteiger partial charge < -0.3 is 4.42 Å². The fraction of sp³-hybridized carbons (Fsp3) is 0.214. The van der Waals surface area contributed by atoms with Crippen LogP contribution in [0.15, 0.2) is 38.5 Å². The highest BCUT2D eigenvalue weighted by atomic mass is 35.5. The average Bonchev–Trinajstić information content (AvgIpc) is 2.73. The van der Waals surface area contributed by atoms with E-state index in [1.807, 2.05) is 0 Å². The van der Waals surface area contributed by atoms with Crippen LogP contribution in [0.4, 0.5) is 19.1 Å². The predicted octanol–water partition coefficient (Wildman–Crippen LogP) is 3.88. The van der Waals surface area contributed by atoms with E-state index in [4.69, 9.17) is 16.0 Å². The summed E-state index contributed by atoms with van der Waals surface area (Å²) in [6.45, 7) is 2.74. The summed E-state index contributed by atoms with van der Waals surface area (Å²) in [6, 6.07) is 5.05. The van der Waals surface area contributed by atoms with Gasteiger partial charge in [0.05, 0.1) is 4.90 Å². The van der Waals surface area contributed by atoms with Crippen molar-refractivity contribution in [2.45, 2.75) is 29.8 Å². The van der Waals surface area contributed by atoms with Crippen molar-refractivity contribution < 1.29 is 30.8 Å². The van der Waals surface area contributed by atoms with Crippen molar-refractivity contribution in [2.24, 2.45) is 0 Å². The first-order valence-electron chi connectivity index (χ1n) is 6.43.